The van der Waals surface area contributed by atoms with Crippen molar-refractivity contribution in [3.63, 3.8) is 0 Å². The summed E-state index contributed by atoms with van der Waals surface area (Å²) in [4.78, 5) is 10.6. The van der Waals surface area contributed by atoms with Gasteiger partial charge >= 0.3 is 5.97 Å². The number of carboxylic acid groups (broad SMARTS) is 1. The molecule has 0 spiro atoms. The van der Waals surface area contributed by atoms with Crippen LogP contribution in [-0.2, 0) is 11.2 Å². The van der Waals surface area contributed by atoms with Crippen LogP contribution in [0.2, 0.25) is 5.02 Å². The maximum atomic E-state index is 13.4. The Balaban J connectivity index is 3.19. The van der Waals surface area contributed by atoms with Gasteiger partial charge in [0.2, 0.25) is 5.82 Å². The lowest BCUT2D eigenvalue weighted by molar-refractivity contribution is -0.138. The van der Waals surface area contributed by atoms with E-state index in [9.17, 15) is 13.6 Å². The zero-order chi connectivity index (χ0) is 13.2. The van der Waals surface area contributed by atoms with Crippen molar-refractivity contribution in [1.29, 1.82) is 0 Å². The van der Waals surface area contributed by atoms with E-state index in [4.69, 9.17) is 22.4 Å². The third-order valence-corrected chi connectivity index (χ3v) is 2.43. The molecule has 0 bridgehead atoms. The van der Waals surface area contributed by atoms with Gasteiger partial charge in [0, 0.05) is 12.0 Å². The van der Waals surface area contributed by atoms with E-state index in [0.717, 1.165) is 13.2 Å². The number of methoxy groups -OCH3 is 1. The second kappa shape index (κ2) is 5.29. The van der Waals surface area contributed by atoms with Crippen LogP contribution >= 0.6 is 11.6 Å². The Hall–Kier alpha value is -1.40. The lowest BCUT2D eigenvalue weighted by atomic mass is 10.0. The molecule has 0 saturated heterocycles. The lowest BCUT2D eigenvalue weighted by Gasteiger charge is -2.13. The number of nitrogens with two attached hydrogens (primary N) is 1. The largest absolute Gasteiger partial charge is 0.493 e. The summed E-state index contributed by atoms with van der Waals surface area (Å²) in [5.74, 6) is -4.14. The molecule has 1 atom stereocenters. The zero-order valence-electron chi connectivity index (χ0n) is 8.84. The van der Waals surface area contributed by atoms with Gasteiger partial charge in [-0.1, -0.05) is 11.6 Å². The van der Waals surface area contributed by atoms with E-state index in [0.29, 0.717) is 0 Å². The van der Waals surface area contributed by atoms with Crippen molar-refractivity contribution in [2.75, 3.05) is 7.11 Å². The van der Waals surface area contributed by atoms with E-state index < -0.39 is 28.7 Å². The van der Waals surface area contributed by atoms with Crippen LogP contribution in [0.4, 0.5) is 8.78 Å². The van der Waals surface area contributed by atoms with Crippen molar-refractivity contribution in [1.82, 2.24) is 0 Å². The molecule has 0 heterocycles. The van der Waals surface area contributed by atoms with Gasteiger partial charge in [0.15, 0.2) is 11.6 Å². The summed E-state index contributed by atoms with van der Waals surface area (Å²) in [6, 6.07) is -0.147. The normalized spacial score (nSPS) is 12.3. The number of carboxylic acids is 1. The van der Waals surface area contributed by atoms with E-state index in [2.05, 4.69) is 4.74 Å². The predicted molar refractivity (Wildman–Crippen MR) is 57.2 cm³/mol. The number of hydrogen-bond acceptors (Lipinski definition) is 3. The third kappa shape index (κ3) is 2.83. The standard InChI is InChI=1S/C10H10ClF2NO3/c1-17-9-4(3-6(14)10(15)16)2-5(11)7(12)8(9)13/h2,6H,3,14H2,1H3,(H,15,16). The van der Waals surface area contributed by atoms with E-state index in [1.54, 1.807) is 0 Å². The van der Waals surface area contributed by atoms with Gasteiger partial charge in [-0.05, 0) is 6.07 Å². The van der Waals surface area contributed by atoms with Gasteiger partial charge in [-0.25, -0.2) is 4.39 Å². The Labute approximate surface area is 101 Å². The van der Waals surface area contributed by atoms with Crippen LogP contribution < -0.4 is 10.5 Å². The number of hydrogen-bond donors (Lipinski definition) is 2. The summed E-state index contributed by atoms with van der Waals surface area (Å²) < 4.78 is 31.2. The molecule has 0 radical (unpaired) electrons. The molecule has 1 aromatic rings. The van der Waals surface area contributed by atoms with Gasteiger partial charge in [-0.2, -0.15) is 4.39 Å². The first-order valence-corrected chi connectivity index (χ1v) is 4.95. The van der Waals surface area contributed by atoms with Crippen LogP contribution in [0.1, 0.15) is 5.56 Å². The summed E-state index contributed by atoms with van der Waals surface area (Å²) in [5, 5.41) is 8.19. The Kier molecular flexibility index (Phi) is 4.25. The number of halogens is 3. The van der Waals surface area contributed by atoms with Crippen LogP contribution in [0.3, 0.4) is 0 Å². The number of ether oxygens (including phenoxy) is 1. The molecule has 0 aliphatic carbocycles. The van der Waals surface area contributed by atoms with E-state index in [-0.39, 0.29) is 17.7 Å². The molecule has 4 nitrogen and oxygen atoms in total. The molecule has 7 heteroatoms. The van der Waals surface area contributed by atoms with Crippen LogP contribution in [0.25, 0.3) is 0 Å². The number of rotatable bonds is 4. The molecule has 94 valence electrons. The highest BCUT2D eigenvalue weighted by atomic mass is 35.5. The van der Waals surface area contributed by atoms with Crippen molar-refractivity contribution in [3.8, 4) is 5.75 Å². The second-order valence-electron chi connectivity index (χ2n) is 3.33. The van der Waals surface area contributed by atoms with Crippen molar-refractivity contribution < 1.29 is 23.4 Å². The van der Waals surface area contributed by atoms with Gasteiger partial charge in [-0.15, -0.1) is 0 Å². The molecular formula is C10H10ClF2NO3. The fraction of sp³-hybridized carbons (Fsp3) is 0.300. The number of benzene rings is 1. The van der Waals surface area contributed by atoms with Crippen molar-refractivity contribution in [2.24, 2.45) is 5.73 Å². The Morgan fingerprint density at radius 1 is 1.59 bits per heavy atom. The smallest absolute Gasteiger partial charge is 0.320 e. The minimum atomic E-state index is -1.26. The number of carbonyl (C=O) groups is 1. The van der Waals surface area contributed by atoms with E-state index in [1.165, 1.54) is 0 Å². The second-order valence-corrected chi connectivity index (χ2v) is 3.73. The van der Waals surface area contributed by atoms with Gasteiger partial charge < -0.3 is 15.6 Å². The molecule has 0 aliphatic rings. The first-order chi connectivity index (χ1) is 7.88. The van der Waals surface area contributed by atoms with Gasteiger partial charge in [0.1, 0.15) is 6.04 Å². The first-order valence-electron chi connectivity index (χ1n) is 4.57. The molecule has 0 aliphatic heterocycles. The van der Waals surface area contributed by atoms with Crippen molar-refractivity contribution in [3.05, 3.63) is 28.3 Å². The molecule has 1 rings (SSSR count). The topological polar surface area (TPSA) is 72.5 Å². The van der Waals surface area contributed by atoms with Crippen LogP contribution in [0, 0.1) is 11.6 Å². The fourth-order valence-electron chi connectivity index (χ4n) is 1.32. The summed E-state index contributed by atoms with van der Waals surface area (Å²) in [6.07, 6.45) is -0.213. The minimum absolute atomic E-state index is 0.103. The van der Waals surface area contributed by atoms with Gasteiger partial charge in [-0.3, -0.25) is 4.79 Å². The highest BCUT2D eigenvalue weighted by Crippen LogP contribution is 2.30. The average molecular weight is 266 g/mol. The fourth-order valence-corrected chi connectivity index (χ4v) is 1.54. The monoisotopic (exact) mass is 265 g/mol. The molecular weight excluding hydrogens is 256 g/mol. The van der Waals surface area contributed by atoms with E-state index in [1.807, 2.05) is 0 Å². The first kappa shape index (κ1) is 13.7. The molecule has 1 unspecified atom stereocenters. The SMILES string of the molecule is COc1c(CC(N)C(=O)O)cc(Cl)c(F)c1F. The van der Waals surface area contributed by atoms with Crippen LogP contribution in [0.15, 0.2) is 6.07 Å². The molecule has 0 aromatic heterocycles. The maximum absolute atomic E-state index is 13.4. The highest BCUT2D eigenvalue weighted by molar-refractivity contribution is 6.30. The van der Waals surface area contributed by atoms with Gasteiger partial charge in [0.05, 0.1) is 12.1 Å². The predicted octanol–water partition coefficient (Wildman–Crippen LogP) is 1.58. The summed E-state index contributed by atoms with van der Waals surface area (Å²) in [7, 11) is 1.14. The van der Waals surface area contributed by atoms with Crippen LogP contribution in [-0.4, -0.2) is 24.2 Å². The summed E-state index contributed by atoms with van der Waals surface area (Å²) >= 11 is 5.45. The Morgan fingerprint density at radius 2 is 2.18 bits per heavy atom. The quantitative estimate of drug-likeness (QED) is 0.811. The maximum Gasteiger partial charge on any atom is 0.320 e. The molecule has 3 N–H and O–H groups in total. The summed E-state index contributed by atoms with van der Waals surface area (Å²) in [6.45, 7) is 0. The molecule has 0 fully saturated rings. The highest BCUT2D eigenvalue weighted by Gasteiger charge is 2.21. The lowest BCUT2D eigenvalue weighted by Crippen LogP contribution is -2.32. The summed E-state index contributed by atoms with van der Waals surface area (Å²) in [5.41, 5.74) is 5.40. The number of aliphatic carboxylic acids is 1. The molecule has 1 aromatic carbocycles. The zero-order valence-corrected chi connectivity index (χ0v) is 9.59. The van der Waals surface area contributed by atoms with E-state index >= 15 is 0 Å². The van der Waals surface area contributed by atoms with Crippen LogP contribution in [0.5, 0.6) is 5.75 Å². The Bertz CT molecular complexity index is 454. The minimum Gasteiger partial charge on any atom is -0.493 e. The van der Waals surface area contributed by atoms with Gasteiger partial charge in [0.25, 0.3) is 0 Å². The molecule has 0 amide bonds. The Morgan fingerprint density at radius 3 is 2.65 bits per heavy atom. The third-order valence-electron chi connectivity index (χ3n) is 2.16. The molecule has 17 heavy (non-hydrogen) atoms. The average Bonchev–Trinajstić information content (AvgIpc) is 2.26. The van der Waals surface area contributed by atoms with Crippen molar-refractivity contribution >= 4 is 17.6 Å². The molecule has 0 saturated carbocycles. The van der Waals surface area contributed by atoms with Crippen molar-refractivity contribution in [2.45, 2.75) is 12.5 Å².